The van der Waals surface area contributed by atoms with Crippen LogP contribution in [0.1, 0.15) is 61.8 Å². The van der Waals surface area contributed by atoms with Crippen molar-refractivity contribution >= 4 is 42.2 Å². The Balaban J connectivity index is 5.65. The van der Waals surface area contributed by atoms with Gasteiger partial charge < -0.3 is 32.1 Å². The van der Waals surface area contributed by atoms with Crippen molar-refractivity contribution in [3.8, 4) is 0 Å². The molecule has 0 saturated carbocycles. The smallest absolute Gasteiger partial charge is 0.327 e. The van der Waals surface area contributed by atoms with Crippen LogP contribution in [0.15, 0.2) is 0 Å². The fourth-order valence-electron chi connectivity index (χ4n) is 3.29. The highest BCUT2D eigenvalue weighted by atomic mass is 32.1. The lowest BCUT2D eigenvalue weighted by Gasteiger charge is -2.29. The molecule has 0 saturated heterocycles. The average Bonchev–Trinajstić information content (AvgIpc) is 2.76. The summed E-state index contributed by atoms with van der Waals surface area (Å²) in [5.74, 6) is -4.34. The van der Waals surface area contributed by atoms with E-state index in [2.05, 4.69) is 33.9 Å². The van der Waals surface area contributed by atoms with Gasteiger partial charge in [0.05, 0.1) is 6.04 Å². The molecule has 11 nitrogen and oxygen atoms in total. The summed E-state index contributed by atoms with van der Waals surface area (Å²) < 4.78 is 0. The largest absolute Gasteiger partial charge is 0.480 e. The van der Waals surface area contributed by atoms with Crippen LogP contribution in [-0.4, -0.2) is 70.7 Å². The zero-order chi connectivity index (χ0) is 28.3. The van der Waals surface area contributed by atoms with Crippen molar-refractivity contribution in [3.63, 3.8) is 0 Å². The zero-order valence-corrected chi connectivity index (χ0v) is 23.5. The molecule has 0 aliphatic carbocycles. The van der Waals surface area contributed by atoms with Gasteiger partial charge in [0.25, 0.3) is 0 Å². The lowest BCUT2D eigenvalue weighted by atomic mass is 9.97. The molecule has 4 amide bonds. The van der Waals surface area contributed by atoms with Crippen LogP contribution in [0.5, 0.6) is 0 Å². The number of rotatable bonds is 15. The van der Waals surface area contributed by atoms with E-state index >= 15 is 0 Å². The number of carbonyl (C=O) groups excluding carboxylic acids is 4. The number of nitrogens with two attached hydrogens (primary N) is 1. The van der Waals surface area contributed by atoms with E-state index in [0.29, 0.717) is 0 Å². The molecule has 0 unspecified atom stereocenters. The first kappa shape index (κ1) is 33.7. The van der Waals surface area contributed by atoms with Gasteiger partial charge in [-0.1, -0.05) is 55.4 Å². The molecule has 0 rings (SSSR count). The van der Waals surface area contributed by atoms with E-state index in [9.17, 15) is 29.1 Å². The van der Waals surface area contributed by atoms with Gasteiger partial charge in [-0.3, -0.25) is 19.2 Å². The Morgan fingerprint density at radius 2 is 1.08 bits per heavy atom. The number of carboxylic acid groups (broad SMARTS) is 1. The van der Waals surface area contributed by atoms with Gasteiger partial charge in [-0.2, -0.15) is 12.6 Å². The molecule has 0 aromatic rings. The molecular weight excluding hydrogens is 486 g/mol. The molecule has 0 aliphatic heterocycles. The van der Waals surface area contributed by atoms with E-state index < -0.39 is 59.8 Å². The number of hydrogen-bond acceptors (Lipinski definition) is 7. The lowest BCUT2D eigenvalue weighted by Crippen LogP contribution is -2.61. The van der Waals surface area contributed by atoms with Gasteiger partial charge >= 0.3 is 5.97 Å². The van der Waals surface area contributed by atoms with E-state index in [4.69, 9.17) is 5.73 Å². The summed E-state index contributed by atoms with van der Waals surface area (Å²) in [7, 11) is 0. The van der Waals surface area contributed by atoms with Crippen LogP contribution in [0.3, 0.4) is 0 Å². The number of hydrogen-bond donors (Lipinski definition) is 7. The van der Waals surface area contributed by atoms with Crippen molar-refractivity contribution in [3.05, 3.63) is 0 Å². The molecule has 0 spiro atoms. The molecular formula is C24H45N5O6S. The van der Waals surface area contributed by atoms with Crippen LogP contribution in [0.25, 0.3) is 0 Å². The van der Waals surface area contributed by atoms with Gasteiger partial charge in [0, 0.05) is 5.75 Å². The third-order valence-electron chi connectivity index (χ3n) is 5.65. The molecule has 5 atom stereocenters. The van der Waals surface area contributed by atoms with Crippen LogP contribution in [0.2, 0.25) is 0 Å². The summed E-state index contributed by atoms with van der Waals surface area (Å²) in [5.41, 5.74) is 5.90. The Morgan fingerprint density at radius 1 is 0.667 bits per heavy atom. The van der Waals surface area contributed by atoms with Gasteiger partial charge in [-0.15, -0.1) is 0 Å². The first-order valence-corrected chi connectivity index (χ1v) is 13.0. The van der Waals surface area contributed by atoms with Gasteiger partial charge in [0.15, 0.2) is 0 Å². The molecule has 0 aromatic heterocycles. The Kier molecular flexibility index (Phi) is 14.7. The fourth-order valence-corrected chi connectivity index (χ4v) is 3.53. The summed E-state index contributed by atoms with van der Waals surface area (Å²) in [6.45, 7) is 14.3. The van der Waals surface area contributed by atoms with Crippen molar-refractivity contribution in [1.29, 1.82) is 0 Å². The van der Waals surface area contributed by atoms with Crippen LogP contribution < -0.4 is 27.0 Å². The Labute approximate surface area is 219 Å². The van der Waals surface area contributed by atoms with Crippen molar-refractivity contribution < 1.29 is 29.1 Å². The molecule has 7 N–H and O–H groups in total. The molecule has 36 heavy (non-hydrogen) atoms. The molecule has 0 bridgehead atoms. The second-order valence-electron chi connectivity index (χ2n) is 10.5. The highest BCUT2D eigenvalue weighted by Crippen LogP contribution is 2.11. The summed E-state index contributed by atoms with van der Waals surface area (Å²) in [6.07, 6.45) is 0.257. The molecule has 12 heteroatoms. The van der Waals surface area contributed by atoms with E-state index in [1.54, 1.807) is 41.5 Å². The van der Waals surface area contributed by atoms with Gasteiger partial charge in [-0.05, 0) is 30.1 Å². The zero-order valence-electron chi connectivity index (χ0n) is 22.6. The third-order valence-corrected chi connectivity index (χ3v) is 6.02. The van der Waals surface area contributed by atoms with E-state index in [1.165, 1.54) is 0 Å². The van der Waals surface area contributed by atoms with Crippen molar-refractivity contribution in [2.75, 3.05) is 5.75 Å². The van der Waals surface area contributed by atoms with Crippen molar-refractivity contribution in [2.45, 2.75) is 92.0 Å². The predicted molar refractivity (Wildman–Crippen MR) is 141 cm³/mol. The SMILES string of the molecule is CC(C)C[C@H](NC(=O)[C@@H](NC(=O)[C@@H](NC(=O)[C@@H](N)C(C)C)C(C)C)C(C)C)C(=O)N[C@@H](CS)C(=O)O. The minimum Gasteiger partial charge on any atom is -0.480 e. The summed E-state index contributed by atoms with van der Waals surface area (Å²) in [5, 5.41) is 19.6. The maximum atomic E-state index is 13.2. The van der Waals surface area contributed by atoms with Crippen LogP contribution in [-0.2, 0) is 24.0 Å². The molecule has 0 aliphatic rings. The number of carbonyl (C=O) groups is 5. The normalized spacial score (nSPS) is 15.7. The average molecular weight is 532 g/mol. The number of aliphatic carboxylic acids is 1. The Hall–Kier alpha value is -2.34. The summed E-state index contributed by atoms with van der Waals surface area (Å²) in [6, 6.07) is -4.93. The van der Waals surface area contributed by atoms with Gasteiger partial charge in [-0.25, -0.2) is 4.79 Å². The van der Waals surface area contributed by atoms with Gasteiger partial charge in [0.1, 0.15) is 24.2 Å². The summed E-state index contributed by atoms with van der Waals surface area (Å²) in [4.78, 5) is 62.8. The van der Waals surface area contributed by atoms with Crippen LogP contribution in [0, 0.1) is 23.7 Å². The monoisotopic (exact) mass is 531 g/mol. The lowest BCUT2D eigenvalue weighted by molar-refractivity contribution is -0.141. The first-order valence-electron chi connectivity index (χ1n) is 12.3. The number of amides is 4. The van der Waals surface area contributed by atoms with Crippen molar-refractivity contribution in [2.24, 2.45) is 29.4 Å². The molecule has 208 valence electrons. The number of nitrogens with one attached hydrogen (secondary N) is 4. The molecule has 0 aromatic carbocycles. The number of carboxylic acids is 1. The predicted octanol–water partition coefficient (Wildman–Crippen LogP) is 0.281. The number of thiol groups is 1. The highest BCUT2D eigenvalue weighted by Gasteiger charge is 2.34. The quantitative estimate of drug-likeness (QED) is 0.148. The first-order chi connectivity index (χ1) is 16.5. The van der Waals surface area contributed by atoms with E-state index in [-0.39, 0.29) is 35.8 Å². The Morgan fingerprint density at radius 3 is 1.44 bits per heavy atom. The standard InChI is InChI=1S/C24H45N5O6S/c1-11(2)9-15(20(30)27-16(10-36)24(34)35)26-22(32)18(13(5)6)29-23(33)19(14(7)8)28-21(31)17(25)12(3)4/h11-19,36H,9-10,25H2,1-8H3,(H,26,32)(H,27,30)(H,28,31)(H,29,33)(H,34,35)/t15-,16-,17-,18-,19-/m0/s1. The maximum absolute atomic E-state index is 13.2. The molecule has 0 radical (unpaired) electrons. The van der Waals surface area contributed by atoms with Crippen LogP contribution >= 0.6 is 12.6 Å². The van der Waals surface area contributed by atoms with Crippen molar-refractivity contribution in [1.82, 2.24) is 21.3 Å². The second kappa shape index (κ2) is 15.7. The minimum atomic E-state index is -1.24. The minimum absolute atomic E-state index is 0.0121. The van der Waals surface area contributed by atoms with Gasteiger partial charge in [0.2, 0.25) is 23.6 Å². The topological polar surface area (TPSA) is 180 Å². The maximum Gasteiger partial charge on any atom is 0.327 e. The second-order valence-corrected chi connectivity index (χ2v) is 10.9. The highest BCUT2D eigenvalue weighted by molar-refractivity contribution is 7.80. The summed E-state index contributed by atoms with van der Waals surface area (Å²) >= 11 is 3.95. The van der Waals surface area contributed by atoms with E-state index in [0.717, 1.165) is 0 Å². The fraction of sp³-hybridized carbons (Fsp3) is 0.792. The third kappa shape index (κ3) is 11.2. The Bertz CT molecular complexity index is 774. The van der Waals surface area contributed by atoms with E-state index in [1.807, 2.05) is 13.8 Å². The molecule has 0 heterocycles. The molecule has 0 fully saturated rings. The van der Waals surface area contributed by atoms with Crippen LogP contribution in [0.4, 0.5) is 0 Å².